The first kappa shape index (κ1) is 17.5. The number of ether oxygens (including phenoxy) is 1. The molecule has 4 heteroatoms. The lowest BCUT2D eigenvalue weighted by Crippen LogP contribution is -2.33. The fraction of sp³-hybridized carbons (Fsp3) is 0.625. The highest BCUT2D eigenvalue weighted by molar-refractivity contribution is 9.10. The molecule has 1 aromatic rings. The van der Waals surface area contributed by atoms with E-state index in [2.05, 4.69) is 72.0 Å². The van der Waals surface area contributed by atoms with Gasteiger partial charge in [0.15, 0.2) is 0 Å². The Morgan fingerprint density at radius 1 is 1.30 bits per heavy atom. The quantitative estimate of drug-likeness (QED) is 0.773. The SMILES string of the molecule is CCNC(C)c1ccc(N(CCOC)C(C)C)cc1Br. The predicted molar refractivity (Wildman–Crippen MR) is 90.6 cm³/mol. The Balaban J connectivity index is 2.93. The molecule has 0 aliphatic heterocycles. The lowest BCUT2D eigenvalue weighted by Gasteiger charge is -2.29. The van der Waals surface area contributed by atoms with Crippen LogP contribution in [0.1, 0.15) is 39.3 Å². The first-order valence-electron chi connectivity index (χ1n) is 7.29. The van der Waals surface area contributed by atoms with E-state index in [4.69, 9.17) is 4.74 Å². The zero-order chi connectivity index (χ0) is 15.1. The summed E-state index contributed by atoms with van der Waals surface area (Å²) in [5.74, 6) is 0. The number of hydrogen-bond acceptors (Lipinski definition) is 3. The number of nitrogens with one attached hydrogen (secondary N) is 1. The molecule has 0 saturated heterocycles. The summed E-state index contributed by atoms with van der Waals surface area (Å²) in [5.41, 5.74) is 2.53. The lowest BCUT2D eigenvalue weighted by atomic mass is 10.1. The van der Waals surface area contributed by atoms with Crippen LogP contribution in [0.15, 0.2) is 22.7 Å². The topological polar surface area (TPSA) is 24.5 Å². The maximum absolute atomic E-state index is 5.20. The van der Waals surface area contributed by atoms with Gasteiger partial charge in [0.2, 0.25) is 0 Å². The molecule has 0 aliphatic carbocycles. The van der Waals surface area contributed by atoms with Gasteiger partial charge in [-0.2, -0.15) is 0 Å². The Hall–Kier alpha value is -0.580. The number of methoxy groups -OCH3 is 1. The van der Waals surface area contributed by atoms with Crippen LogP contribution in [-0.4, -0.2) is 32.8 Å². The molecule has 1 rings (SSSR count). The minimum atomic E-state index is 0.356. The van der Waals surface area contributed by atoms with Gasteiger partial charge in [0, 0.05) is 35.9 Å². The molecule has 3 nitrogen and oxygen atoms in total. The summed E-state index contributed by atoms with van der Waals surface area (Å²) in [6, 6.07) is 7.42. The molecule has 0 amide bonds. The van der Waals surface area contributed by atoms with E-state index < -0.39 is 0 Å². The molecule has 0 bridgehead atoms. The smallest absolute Gasteiger partial charge is 0.0637 e. The van der Waals surface area contributed by atoms with Crippen LogP contribution in [-0.2, 0) is 4.74 Å². The van der Waals surface area contributed by atoms with Gasteiger partial charge in [0.05, 0.1) is 6.61 Å². The Morgan fingerprint density at radius 3 is 2.50 bits per heavy atom. The zero-order valence-corrected chi connectivity index (χ0v) is 14.8. The van der Waals surface area contributed by atoms with Crippen LogP contribution in [0.5, 0.6) is 0 Å². The van der Waals surface area contributed by atoms with E-state index in [0.717, 1.165) is 24.2 Å². The second kappa shape index (κ2) is 8.65. The van der Waals surface area contributed by atoms with Crippen LogP contribution in [0.25, 0.3) is 0 Å². The van der Waals surface area contributed by atoms with Crippen molar-refractivity contribution in [3.8, 4) is 0 Å². The van der Waals surface area contributed by atoms with E-state index in [1.54, 1.807) is 7.11 Å². The van der Waals surface area contributed by atoms with Crippen LogP contribution in [0.4, 0.5) is 5.69 Å². The number of halogens is 1. The number of rotatable bonds is 8. The van der Waals surface area contributed by atoms with Crippen molar-refractivity contribution in [2.24, 2.45) is 0 Å². The van der Waals surface area contributed by atoms with E-state index >= 15 is 0 Å². The second-order valence-corrected chi connectivity index (χ2v) is 6.12. The molecule has 0 aliphatic rings. The lowest BCUT2D eigenvalue weighted by molar-refractivity contribution is 0.204. The van der Waals surface area contributed by atoms with E-state index in [9.17, 15) is 0 Å². The van der Waals surface area contributed by atoms with Crippen molar-refractivity contribution in [3.63, 3.8) is 0 Å². The first-order valence-corrected chi connectivity index (χ1v) is 8.09. The molecule has 1 unspecified atom stereocenters. The molecule has 0 heterocycles. The third kappa shape index (κ3) is 4.76. The molecular formula is C16H27BrN2O. The van der Waals surface area contributed by atoms with Crippen LogP contribution in [0, 0.1) is 0 Å². The summed E-state index contributed by atoms with van der Waals surface area (Å²) >= 11 is 3.71. The van der Waals surface area contributed by atoms with E-state index in [1.165, 1.54) is 11.3 Å². The van der Waals surface area contributed by atoms with Gasteiger partial charge in [-0.25, -0.2) is 0 Å². The highest BCUT2D eigenvalue weighted by Crippen LogP contribution is 2.29. The molecule has 1 N–H and O–H groups in total. The number of anilines is 1. The number of nitrogens with zero attached hydrogens (tertiary/aromatic N) is 1. The van der Waals surface area contributed by atoms with Crippen molar-refractivity contribution in [1.29, 1.82) is 0 Å². The molecule has 0 fully saturated rings. The highest BCUT2D eigenvalue weighted by atomic mass is 79.9. The van der Waals surface area contributed by atoms with E-state index in [1.807, 2.05) is 0 Å². The Labute approximate surface area is 131 Å². The molecular weight excluding hydrogens is 316 g/mol. The molecule has 0 spiro atoms. The summed E-state index contributed by atoms with van der Waals surface area (Å²) < 4.78 is 6.36. The fourth-order valence-electron chi connectivity index (χ4n) is 2.34. The Morgan fingerprint density at radius 2 is 2.00 bits per heavy atom. The van der Waals surface area contributed by atoms with Crippen molar-refractivity contribution in [1.82, 2.24) is 5.32 Å². The maximum Gasteiger partial charge on any atom is 0.0637 e. The minimum absolute atomic E-state index is 0.356. The number of hydrogen-bond donors (Lipinski definition) is 1. The summed E-state index contributed by atoms with van der Waals surface area (Å²) in [7, 11) is 1.75. The van der Waals surface area contributed by atoms with Gasteiger partial charge >= 0.3 is 0 Å². The normalized spacial score (nSPS) is 12.8. The fourth-order valence-corrected chi connectivity index (χ4v) is 3.05. The summed E-state index contributed by atoms with van der Waals surface area (Å²) in [6.45, 7) is 11.4. The largest absolute Gasteiger partial charge is 0.383 e. The Kier molecular flexibility index (Phi) is 7.56. The van der Waals surface area contributed by atoms with Gasteiger partial charge in [-0.15, -0.1) is 0 Å². The van der Waals surface area contributed by atoms with Crippen molar-refractivity contribution in [3.05, 3.63) is 28.2 Å². The van der Waals surface area contributed by atoms with E-state index in [0.29, 0.717) is 12.1 Å². The third-order valence-electron chi connectivity index (χ3n) is 3.45. The summed E-state index contributed by atoms with van der Waals surface area (Å²) in [6.07, 6.45) is 0. The van der Waals surface area contributed by atoms with Crippen molar-refractivity contribution < 1.29 is 4.74 Å². The van der Waals surface area contributed by atoms with Gasteiger partial charge in [-0.05, 0) is 45.0 Å². The minimum Gasteiger partial charge on any atom is -0.383 e. The average molecular weight is 343 g/mol. The molecule has 0 radical (unpaired) electrons. The van der Waals surface area contributed by atoms with Gasteiger partial charge in [-0.3, -0.25) is 0 Å². The van der Waals surface area contributed by atoms with Crippen LogP contribution >= 0.6 is 15.9 Å². The Bertz CT molecular complexity index is 409. The van der Waals surface area contributed by atoms with E-state index in [-0.39, 0.29) is 0 Å². The molecule has 1 aromatic carbocycles. The summed E-state index contributed by atoms with van der Waals surface area (Å²) in [5, 5.41) is 3.44. The van der Waals surface area contributed by atoms with Crippen LogP contribution in [0.3, 0.4) is 0 Å². The van der Waals surface area contributed by atoms with Gasteiger partial charge in [-0.1, -0.05) is 28.9 Å². The van der Waals surface area contributed by atoms with Crippen molar-refractivity contribution in [2.75, 3.05) is 31.7 Å². The van der Waals surface area contributed by atoms with Crippen LogP contribution < -0.4 is 10.2 Å². The molecule has 0 aromatic heterocycles. The second-order valence-electron chi connectivity index (χ2n) is 5.27. The molecule has 20 heavy (non-hydrogen) atoms. The first-order chi connectivity index (χ1) is 9.51. The van der Waals surface area contributed by atoms with Crippen LogP contribution in [0.2, 0.25) is 0 Å². The average Bonchev–Trinajstić information content (AvgIpc) is 2.39. The number of benzene rings is 1. The van der Waals surface area contributed by atoms with Crippen molar-refractivity contribution >= 4 is 21.6 Å². The highest BCUT2D eigenvalue weighted by Gasteiger charge is 2.14. The van der Waals surface area contributed by atoms with Crippen molar-refractivity contribution in [2.45, 2.75) is 39.8 Å². The standard InChI is InChI=1S/C16H27BrN2O/c1-6-18-13(4)15-8-7-14(11-16(15)17)19(12(2)3)9-10-20-5/h7-8,11-13,18H,6,9-10H2,1-5H3. The molecule has 114 valence electrons. The predicted octanol–water partition coefficient (Wildman–Crippen LogP) is 3.98. The third-order valence-corrected chi connectivity index (χ3v) is 4.14. The van der Waals surface area contributed by atoms with Gasteiger partial charge in [0.25, 0.3) is 0 Å². The molecule has 0 saturated carbocycles. The molecule has 1 atom stereocenters. The zero-order valence-electron chi connectivity index (χ0n) is 13.2. The monoisotopic (exact) mass is 342 g/mol. The van der Waals surface area contributed by atoms with Gasteiger partial charge < -0.3 is 15.0 Å². The van der Waals surface area contributed by atoms with Gasteiger partial charge in [0.1, 0.15) is 0 Å². The summed E-state index contributed by atoms with van der Waals surface area (Å²) in [4.78, 5) is 2.36. The maximum atomic E-state index is 5.20.